The number of hydrogen-bond acceptors (Lipinski definition) is 4. The van der Waals surface area contributed by atoms with Crippen LogP contribution in [0.15, 0.2) is 34.9 Å². The maximum Gasteiger partial charge on any atom is 0.131 e. The van der Waals surface area contributed by atoms with Crippen molar-refractivity contribution in [1.29, 1.82) is 5.26 Å². The summed E-state index contributed by atoms with van der Waals surface area (Å²) in [5.74, 6) is 1.59. The first-order valence-corrected chi connectivity index (χ1v) is 7.21. The van der Waals surface area contributed by atoms with Gasteiger partial charge in [-0.1, -0.05) is 19.1 Å². The standard InChI is InChI=1S/C15H15BrN4/c1-3-14-19-13(16)8-15(20-14)18-10(2)12-6-4-11(9-17)5-7-12/h4-8,10H,3H2,1-2H3,(H,18,19,20). The van der Waals surface area contributed by atoms with E-state index in [1.807, 2.05) is 37.3 Å². The summed E-state index contributed by atoms with van der Waals surface area (Å²) in [4.78, 5) is 8.73. The van der Waals surface area contributed by atoms with Crippen molar-refractivity contribution >= 4 is 21.7 Å². The Morgan fingerprint density at radius 2 is 2.00 bits per heavy atom. The molecule has 20 heavy (non-hydrogen) atoms. The lowest BCUT2D eigenvalue weighted by Crippen LogP contribution is -2.09. The second-order valence-electron chi connectivity index (χ2n) is 4.45. The van der Waals surface area contributed by atoms with E-state index in [2.05, 4.69) is 44.2 Å². The molecule has 0 fully saturated rings. The summed E-state index contributed by atoms with van der Waals surface area (Å²) in [6.07, 6.45) is 0.791. The molecular weight excluding hydrogens is 316 g/mol. The van der Waals surface area contributed by atoms with Crippen molar-refractivity contribution in [3.8, 4) is 6.07 Å². The van der Waals surface area contributed by atoms with Gasteiger partial charge in [-0.05, 0) is 40.5 Å². The summed E-state index contributed by atoms with van der Waals surface area (Å²) >= 11 is 3.39. The molecule has 0 spiro atoms. The second-order valence-corrected chi connectivity index (χ2v) is 5.26. The highest BCUT2D eigenvalue weighted by atomic mass is 79.9. The van der Waals surface area contributed by atoms with E-state index in [1.54, 1.807) is 0 Å². The number of nitrogens with zero attached hydrogens (tertiary/aromatic N) is 3. The monoisotopic (exact) mass is 330 g/mol. The van der Waals surface area contributed by atoms with Crippen molar-refractivity contribution in [2.24, 2.45) is 0 Å². The molecule has 5 heteroatoms. The van der Waals surface area contributed by atoms with Crippen LogP contribution in [-0.2, 0) is 6.42 Å². The van der Waals surface area contributed by atoms with Gasteiger partial charge in [0.2, 0.25) is 0 Å². The van der Waals surface area contributed by atoms with E-state index in [1.165, 1.54) is 0 Å². The third-order valence-electron chi connectivity index (χ3n) is 2.96. The minimum atomic E-state index is 0.106. The van der Waals surface area contributed by atoms with Crippen molar-refractivity contribution in [1.82, 2.24) is 9.97 Å². The van der Waals surface area contributed by atoms with Crippen LogP contribution in [0.5, 0.6) is 0 Å². The Labute approximate surface area is 127 Å². The molecule has 1 heterocycles. The van der Waals surface area contributed by atoms with Crippen molar-refractivity contribution in [3.05, 3.63) is 51.9 Å². The summed E-state index contributed by atoms with van der Waals surface area (Å²) in [5, 5.41) is 12.1. The molecule has 0 aliphatic carbocycles. The highest BCUT2D eigenvalue weighted by Gasteiger charge is 2.08. The quantitative estimate of drug-likeness (QED) is 0.865. The SMILES string of the molecule is CCc1nc(Br)cc(NC(C)c2ccc(C#N)cc2)n1. The lowest BCUT2D eigenvalue weighted by atomic mass is 10.1. The van der Waals surface area contributed by atoms with Crippen LogP contribution in [0.2, 0.25) is 0 Å². The molecule has 0 aliphatic heterocycles. The van der Waals surface area contributed by atoms with Gasteiger partial charge in [0.25, 0.3) is 0 Å². The maximum absolute atomic E-state index is 8.80. The van der Waals surface area contributed by atoms with Gasteiger partial charge in [-0.25, -0.2) is 9.97 Å². The predicted molar refractivity (Wildman–Crippen MR) is 82.3 cm³/mol. The Balaban J connectivity index is 2.16. The molecule has 0 saturated carbocycles. The van der Waals surface area contributed by atoms with Crippen molar-refractivity contribution in [3.63, 3.8) is 0 Å². The lowest BCUT2D eigenvalue weighted by Gasteiger charge is -2.15. The fourth-order valence-electron chi connectivity index (χ4n) is 1.85. The molecule has 1 aromatic carbocycles. The number of anilines is 1. The van der Waals surface area contributed by atoms with Crippen LogP contribution in [0.1, 0.15) is 36.8 Å². The average molecular weight is 331 g/mol. The average Bonchev–Trinajstić information content (AvgIpc) is 2.46. The largest absolute Gasteiger partial charge is 0.363 e. The Hall–Kier alpha value is -1.93. The number of benzene rings is 1. The Bertz CT molecular complexity index is 631. The van der Waals surface area contributed by atoms with Crippen LogP contribution in [0.4, 0.5) is 5.82 Å². The van der Waals surface area contributed by atoms with Gasteiger partial charge in [0, 0.05) is 18.5 Å². The third-order valence-corrected chi connectivity index (χ3v) is 3.37. The molecule has 4 nitrogen and oxygen atoms in total. The summed E-state index contributed by atoms with van der Waals surface area (Å²) in [6.45, 7) is 4.08. The Morgan fingerprint density at radius 1 is 1.30 bits per heavy atom. The maximum atomic E-state index is 8.80. The number of hydrogen-bond donors (Lipinski definition) is 1. The zero-order valence-corrected chi connectivity index (χ0v) is 13.0. The van der Waals surface area contributed by atoms with Crippen LogP contribution < -0.4 is 5.32 Å². The Kier molecular flexibility index (Phi) is 4.70. The molecule has 0 saturated heterocycles. The highest BCUT2D eigenvalue weighted by Crippen LogP contribution is 2.20. The van der Waals surface area contributed by atoms with Gasteiger partial charge >= 0.3 is 0 Å². The van der Waals surface area contributed by atoms with Crippen molar-refractivity contribution in [2.75, 3.05) is 5.32 Å². The molecular formula is C15H15BrN4. The summed E-state index contributed by atoms with van der Waals surface area (Å²) in [7, 11) is 0. The second kappa shape index (κ2) is 6.49. The zero-order chi connectivity index (χ0) is 14.5. The molecule has 0 radical (unpaired) electrons. The first kappa shape index (κ1) is 14.5. The number of nitrogens with one attached hydrogen (secondary N) is 1. The minimum absolute atomic E-state index is 0.106. The fourth-order valence-corrected chi connectivity index (χ4v) is 2.27. The van der Waals surface area contributed by atoms with Gasteiger partial charge in [0.15, 0.2) is 0 Å². The molecule has 2 aromatic rings. The molecule has 0 amide bonds. The number of aromatic nitrogens is 2. The number of rotatable bonds is 4. The summed E-state index contributed by atoms with van der Waals surface area (Å²) < 4.78 is 0.777. The minimum Gasteiger partial charge on any atom is -0.363 e. The zero-order valence-electron chi connectivity index (χ0n) is 11.4. The van der Waals surface area contributed by atoms with Gasteiger partial charge in [-0.15, -0.1) is 0 Å². The lowest BCUT2D eigenvalue weighted by molar-refractivity contribution is 0.853. The first-order valence-electron chi connectivity index (χ1n) is 6.42. The molecule has 1 N–H and O–H groups in total. The fraction of sp³-hybridized carbons (Fsp3) is 0.267. The first-order chi connectivity index (χ1) is 9.62. The number of nitriles is 1. The van der Waals surface area contributed by atoms with E-state index in [-0.39, 0.29) is 6.04 Å². The van der Waals surface area contributed by atoms with Gasteiger partial charge in [-0.3, -0.25) is 0 Å². The van der Waals surface area contributed by atoms with Crippen LogP contribution in [0, 0.1) is 11.3 Å². The van der Waals surface area contributed by atoms with Gasteiger partial charge in [-0.2, -0.15) is 5.26 Å². The molecule has 1 atom stereocenters. The summed E-state index contributed by atoms with van der Waals surface area (Å²) in [6, 6.07) is 11.6. The van der Waals surface area contributed by atoms with Crippen LogP contribution in [0.3, 0.4) is 0 Å². The third kappa shape index (κ3) is 3.55. The van der Waals surface area contributed by atoms with Crippen LogP contribution in [-0.4, -0.2) is 9.97 Å². The molecule has 1 aromatic heterocycles. The summed E-state index contributed by atoms with van der Waals surface area (Å²) in [5.41, 5.74) is 1.77. The van der Waals surface area contributed by atoms with Gasteiger partial charge in [0.05, 0.1) is 11.6 Å². The van der Waals surface area contributed by atoms with Crippen LogP contribution in [0.25, 0.3) is 0 Å². The van der Waals surface area contributed by atoms with E-state index in [0.717, 1.165) is 28.2 Å². The molecule has 0 aliphatic rings. The normalized spacial score (nSPS) is 11.7. The highest BCUT2D eigenvalue weighted by molar-refractivity contribution is 9.10. The number of halogens is 1. The van der Waals surface area contributed by atoms with E-state index in [9.17, 15) is 0 Å². The van der Waals surface area contributed by atoms with E-state index < -0.39 is 0 Å². The topological polar surface area (TPSA) is 61.6 Å². The Morgan fingerprint density at radius 3 is 2.60 bits per heavy atom. The van der Waals surface area contributed by atoms with E-state index in [4.69, 9.17) is 5.26 Å². The number of aryl methyl sites for hydroxylation is 1. The van der Waals surface area contributed by atoms with E-state index >= 15 is 0 Å². The van der Waals surface area contributed by atoms with Gasteiger partial charge < -0.3 is 5.32 Å². The van der Waals surface area contributed by atoms with Crippen molar-refractivity contribution < 1.29 is 0 Å². The van der Waals surface area contributed by atoms with Crippen LogP contribution >= 0.6 is 15.9 Å². The molecule has 1 unspecified atom stereocenters. The molecule has 0 bridgehead atoms. The van der Waals surface area contributed by atoms with Gasteiger partial charge in [0.1, 0.15) is 16.2 Å². The van der Waals surface area contributed by atoms with Crippen molar-refractivity contribution in [2.45, 2.75) is 26.3 Å². The smallest absolute Gasteiger partial charge is 0.131 e. The van der Waals surface area contributed by atoms with E-state index in [0.29, 0.717) is 5.56 Å². The molecule has 102 valence electrons. The molecule has 2 rings (SSSR count). The predicted octanol–water partition coefficient (Wildman–Crippen LogP) is 3.85.